The quantitative estimate of drug-likeness (QED) is 0.637. The van der Waals surface area contributed by atoms with Crippen molar-refractivity contribution in [2.45, 2.75) is 37.6 Å². The van der Waals surface area contributed by atoms with Gasteiger partial charge in [0.1, 0.15) is 11.9 Å². The standard InChI is InChI=1S/C20H29FN4O3S/c1-16(2)19(15-22)24-11-13-25(14-12-24)20(26)5-4-10-23(3)29(27,28)18-8-6-17(21)7-9-18/h6-9,16,19H,4-5,10-14H2,1-3H3/t19-/m0/s1. The first kappa shape index (κ1) is 23.3. The van der Waals surface area contributed by atoms with Gasteiger partial charge in [-0.05, 0) is 36.6 Å². The summed E-state index contributed by atoms with van der Waals surface area (Å²) in [5.41, 5.74) is 0. The molecule has 1 amide bonds. The van der Waals surface area contributed by atoms with Crippen molar-refractivity contribution in [3.8, 4) is 6.07 Å². The lowest BCUT2D eigenvalue weighted by molar-refractivity contribution is -0.133. The van der Waals surface area contributed by atoms with Crippen molar-refractivity contribution in [1.82, 2.24) is 14.1 Å². The van der Waals surface area contributed by atoms with Crippen LogP contribution in [0.25, 0.3) is 0 Å². The molecule has 1 saturated heterocycles. The fourth-order valence-electron chi connectivity index (χ4n) is 3.42. The molecule has 1 heterocycles. The molecule has 1 fully saturated rings. The van der Waals surface area contributed by atoms with E-state index in [4.69, 9.17) is 0 Å². The molecular weight excluding hydrogens is 395 g/mol. The summed E-state index contributed by atoms with van der Waals surface area (Å²) < 4.78 is 39.1. The zero-order valence-electron chi connectivity index (χ0n) is 17.2. The summed E-state index contributed by atoms with van der Waals surface area (Å²) in [6, 6.07) is 6.88. The van der Waals surface area contributed by atoms with Crippen LogP contribution in [-0.4, -0.2) is 74.2 Å². The molecule has 0 aromatic heterocycles. The number of carbonyl (C=O) groups excluding carboxylic acids is 1. The van der Waals surface area contributed by atoms with E-state index in [2.05, 4.69) is 11.0 Å². The molecule has 0 N–H and O–H groups in total. The Morgan fingerprint density at radius 3 is 2.31 bits per heavy atom. The molecular formula is C20H29FN4O3S. The fraction of sp³-hybridized carbons (Fsp3) is 0.600. The van der Waals surface area contributed by atoms with E-state index in [0.29, 0.717) is 32.6 Å². The number of sulfonamides is 1. The van der Waals surface area contributed by atoms with Crippen LogP contribution in [0.2, 0.25) is 0 Å². The molecule has 0 radical (unpaired) electrons. The van der Waals surface area contributed by atoms with Gasteiger partial charge in [0, 0.05) is 46.2 Å². The van der Waals surface area contributed by atoms with Crippen LogP contribution in [0, 0.1) is 23.1 Å². The molecule has 1 atom stereocenters. The highest BCUT2D eigenvalue weighted by Gasteiger charge is 2.28. The van der Waals surface area contributed by atoms with Gasteiger partial charge in [0.25, 0.3) is 0 Å². The summed E-state index contributed by atoms with van der Waals surface area (Å²) in [6.07, 6.45) is 0.665. The van der Waals surface area contributed by atoms with Crippen molar-refractivity contribution in [2.75, 3.05) is 39.8 Å². The second-order valence-corrected chi connectivity index (χ2v) is 9.66. The Labute approximate surface area is 172 Å². The minimum absolute atomic E-state index is 0.00437. The lowest BCUT2D eigenvalue weighted by atomic mass is 10.0. The maximum atomic E-state index is 13.0. The van der Waals surface area contributed by atoms with Gasteiger partial charge in [0.2, 0.25) is 15.9 Å². The molecule has 29 heavy (non-hydrogen) atoms. The third-order valence-corrected chi connectivity index (χ3v) is 7.08. The number of hydrogen-bond acceptors (Lipinski definition) is 5. The zero-order chi connectivity index (χ0) is 21.6. The highest BCUT2D eigenvalue weighted by Crippen LogP contribution is 2.16. The maximum absolute atomic E-state index is 13.0. The highest BCUT2D eigenvalue weighted by molar-refractivity contribution is 7.89. The lowest BCUT2D eigenvalue weighted by Crippen LogP contribution is -2.52. The summed E-state index contributed by atoms with van der Waals surface area (Å²) in [5, 5.41) is 9.31. The molecule has 1 aromatic rings. The summed E-state index contributed by atoms with van der Waals surface area (Å²) in [7, 11) is -2.25. The second-order valence-electron chi connectivity index (χ2n) is 7.62. The minimum atomic E-state index is -3.70. The van der Waals surface area contributed by atoms with E-state index in [1.165, 1.54) is 23.5 Å². The molecule has 0 saturated carbocycles. The number of nitrogens with zero attached hydrogens (tertiary/aromatic N) is 4. The van der Waals surface area contributed by atoms with Crippen LogP contribution in [-0.2, 0) is 14.8 Å². The highest BCUT2D eigenvalue weighted by atomic mass is 32.2. The van der Waals surface area contributed by atoms with Crippen molar-refractivity contribution in [3.63, 3.8) is 0 Å². The van der Waals surface area contributed by atoms with Crippen LogP contribution in [0.15, 0.2) is 29.2 Å². The van der Waals surface area contributed by atoms with Gasteiger partial charge in [0.05, 0.1) is 11.0 Å². The molecule has 7 nitrogen and oxygen atoms in total. The molecule has 2 rings (SSSR count). The van der Waals surface area contributed by atoms with Gasteiger partial charge in [-0.3, -0.25) is 9.69 Å². The van der Waals surface area contributed by atoms with Crippen LogP contribution < -0.4 is 0 Å². The molecule has 1 aromatic carbocycles. The Kier molecular flexibility index (Phi) is 8.14. The average Bonchev–Trinajstić information content (AvgIpc) is 2.69. The van der Waals surface area contributed by atoms with Crippen LogP contribution in [0.5, 0.6) is 0 Å². The third kappa shape index (κ3) is 5.98. The van der Waals surface area contributed by atoms with Gasteiger partial charge in [0.15, 0.2) is 0 Å². The topological polar surface area (TPSA) is 84.7 Å². The van der Waals surface area contributed by atoms with E-state index < -0.39 is 15.8 Å². The predicted octanol–water partition coefficient (Wildman–Crippen LogP) is 1.92. The number of rotatable bonds is 8. The van der Waals surface area contributed by atoms with E-state index in [1.54, 1.807) is 4.90 Å². The van der Waals surface area contributed by atoms with Gasteiger partial charge in [-0.15, -0.1) is 0 Å². The Morgan fingerprint density at radius 1 is 1.21 bits per heavy atom. The van der Waals surface area contributed by atoms with E-state index in [1.807, 2.05) is 13.8 Å². The fourth-order valence-corrected chi connectivity index (χ4v) is 4.63. The molecule has 9 heteroatoms. The van der Waals surface area contributed by atoms with Gasteiger partial charge in [-0.25, -0.2) is 17.1 Å². The van der Waals surface area contributed by atoms with Crippen molar-refractivity contribution >= 4 is 15.9 Å². The van der Waals surface area contributed by atoms with Crippen LogP contribution in [0.4, 0.5) is 4.39 Å². The van der Waals surface area contributed by atoms with Crippen molar-refractivity contribution in [3.05, 3.63) is 30.1 Å². The molecule has 0 unspecified atom stereocenters. The Bertz CT molecular complexity index is 828. The summed E-state index contributed by atoms with van der Waals surface area (Å²) in [4.78, 5) is 16.4. The van der Waals surface area contributed by atoms with E-state index in [9.17, 15) is 22.9 Å². The van der Waals surface area contributed by atoms with Crippen molar-refractivity contribution in [1.29, 1.82) is 5.26 Å². The molecule has 1 aliphatic heterocycles. The number of carbonyl (C=O) groups is 1. The Hall–Kier alpha value is -2.02. The first-order chi connectivity index (χ1) is 13.7. The number of amides is 1. The molecule has 0 bridgehead atoms. The van der Waals surface area contributed by atoms with E-state index in [-0.39, 0.29) is 35.7 Å². The predicted molar refractivity (Wildman–Crippen MR) is 108 cm³/mol. The SMILES string of the molecule is CC(C)[C@H](C#N)N1CCN(C(=O)CCCN(C)S(=O)(=O)c2ccc(F)cc2)CC1. The van der Waals surface area contributed by atoms with Gasteiger partial charge >= 0.3 is 0 Å². The number of piperazine rings is 1. The minimum Gasteiger partial charge on any atom is -0.340 e. The Balaban J connectivity index is 1.80. The molecule has 0 aliphatic carbocycles. The number of benzene rings is 1. The smallest absolute Gasteiger partial charge is 0.242 e. The van der Waals surface area contributed by atoms with Gasteiger partial charge < -0.3 is 4.90 Å². The zero-order valence-corrected chi connectivity index (χ0v) is 18.0. The van der Waals surface area contributed by atoms with Crippen LogP contribution >= 0.6 is 0 Å². The lowest BCUT2D eigenvalue weighted by Gasteiger charge is -2.38. The maximum Gasteiger partial charge on any atom is 0.242 e. The van der Waals surface area contributed by atoms with E-state index >= 15 is 0 Å². The number of halogens is 1. The average molecular weight is 425 g/mol. The van der Waals surface area contributed by atoms with Crippen molar-refractivity contribution in [2.24, 2.45) is 5.92 Å². The van der Waals surface area contributed by atoms with Crippen LogP contribution in [0.1, 0.15) is 26.7 Å². The first-order valence-corrected chi connectivity index (χ1v) is 11.2. The largest absolute Gasteiger partial charge is 0.340 e. The molecule has 0 spiro atoms. The summed E-state index contributed by atoms with van der Waals surface area (Å²) in [5.74, 6) is -0.261. The normalized spacial score (nSPS) is 16.8. The van der Waals surface area contributed by atoms with Gasteiger partial charge in [-0.1, -0.05) is 13.8 Å². The number of nitriles is 1. The molecule has 1 aliphatic rings. The summed E-state index contributed by atoms with van der Waals surface area (Å²) in [6.45, 7) is 6.72. The third-order valence-electron chi connectivity index (χ3n) is 5.21. The summed E-state index contributed by atoms with van der Waals surface area (Å²) >= 11 is 0. The number of hydrogen-bond donors (Lipinski definition) is 0. The Morgan fingerprint density at radius 2 is 1.79 bits per heavy atom. The van der Waals surface area contributed by atoms with Crippen molar-refractivity contribution < 1.29 is 17.6 Å². The van der Waals surface area contributed by atoms with E-state index in [0.717, 1.165) is 12.1 Å². The monoisotopic (exact) mass is 424 g/mol. The van der Waals surface area contributed by atoms with Crippen LogP contribution in [0.3, 0.4) is 0 Å². The molecule has 160 valence electrons. The van der Waals surface area contributed by atoms with Gasteiger partial charge in [-0.2, -0.15) is 5.26 Å². The first-order valence-electron chi connectivity index (χ1n) is 9.80. The second kappa shape index (κ2) is 10.1.